The number of amides is 1. The Bertz CT molecular complexity index is 938. The molecular weight excluding hydrogens is 695 g/mol. The lowest BCUT2D eigenvalue weighted by Gasteiger charge is -2.25. The Balaban J connectivity index is 4.23. The highest BCUT2D eigenvalue weighted by Gasteiger charge is 2.27. The van der Waals surface area contributed by atoms with Crippen molar-refractivity contribution >= 4 is 13.7 Å². The average Bonchev–Trinajstić information content (AvgIpc) is 3.12. The largest absolute Gasteiger partial charge is 0.472 e. The van der Waals surface area contributed by atoms with E-state index in [0.717, 1.165) is 38.5 Å². The fourth-order valence-electron chi connectivity index (χ4n) is 6.53. The van der Waals surface area contributed by atoms with Gasteiger partial charge in [-0.05, 0) is 32.1 Å². The molecular formula is C45H90N2O6P+. The van der Waals surface area contributed by atoms with Crippen LogP contribution in [-0.4, -0.2) is 73.4 Å². The van der Waals surface area contributed by atoms with Crippen LogP contribution in [0.4, 0.5) is 0 Å². The molecule has 3 unspecified atom stereocenters. The van der Waals surface area contributed by atoms with Gasteiger partial charge in [0.1, 0.15) is 13.2 Å². The van der Waals surface area contributed by atoms with Crippen LogP contribution in [0.3, 0.4) is 0 Å². The van der Waals surface area contributed by atoms with Crippen molar-refractivity contribution in [3.05, 3.63) is 24.3 Å². The van der Waals surface area contributed by atoms with Gasteiger partial charge in [0.25, 0.3) is 0 Å². The molecule has 54 heavy (non-hydrogen) atoms. The summed E-state index contributed by atoms with van der Waals surface area (Å²) in [5.41, 5.74) is 0. The van der Waals surface area contributed by atoms with E-state index in [9.17, 15) is 19.4 Å². The lowest BCUT2D eigenvalue weighted by atomic mass is 10.0. The third kappa shape index (κ3) is 39.2. The first-order chi connectivity index (χ1) is 26.0. The van der Waals surface area contributed by atoms with Crippen LogP contribution in [0.5, 0.6) is 0 Å². The van der Waals surface area contributed by atoms with E-state index in [1.54, 1.807) is 6.08 Å². The number of hydrogen-bond donors (Lipinski definition) is 3. The van der Waals surface area contributed by atoms with Gasteiger partial charge in [0.05, 0.1) is 39.9 Å². The number of phosphoric ester groups is 1. The highest BCUT2D eigenvalue weighted by Crippen LogP contribution is 2.43. The van der Waals surface area contributed by atoms with E-state index in [2.05, 4.69) is 31.3 Å². The van der Waals surface area contributed by atoms with Gasteiger partial charge in [-0.2, -0.15) is 0 Å². The second-order valence-corrected chi connectivity index (χ2v) is 18.2. The predicted molar refractivity (Wildman–Crippen MR) is 231 cm³/mol. The van der Waals surface area contributed by atoms with Crippen molar-refractivity contribution in [2.75, 3.05) is 40.9 Å². The number of nitrogens with one attached hydrogen (secondary N) is 1. The zero-order valence-corrected chi connectivity index (χ0v) is 37.1. The Labute approximate surface area is 334 Å². The number of carbonyl (C=O) groups is 1. The third-order valence-corrected chi connectivity index (χ3v) is 11.2. The molecule has 0 aliphatic carbocycles. The Hall–Kier alpha value is -1.02. The SMILES string of the molecule is CCCCCC/C=C/CC/C=C/C(O)C(COP(=O)(O)OCC[N+](C)(C)C)NC(=O)CCCCCCCCCCCCCCCCCCCCCCCC. The molecule has 0 rings (SSSR count). The van der Waals surface area contributed by atoms with Crippen LogP contribution in [0, 0.1) is 0 Å². The smallest absolute Gasteiger partial charge is 0.387 e. The monoisotopic (exact) mass is 786 g/mol. The van der Waals surface area contributed by atoms with Gasteiger partial charge in [0.15, 0.2) is 0 Å². The molecule has 320 valence electrons. The Morgan fingerprint density at radius 1 is 0.611 bits per heavy atom. The summed E-state index contributed by atoms with van der Waals surface area (Å²) in [7, 11) is 1.56. The summed E-state index contributed by atoms with van der Waals surface area (Å²) in [6.45, 7) is 4.76. The molecule has 0 fully saturated rings. The Kier molecular flexibility index (Phi) is 36.8. The highest BCUT2D eigenvalue weighted by molar-refractivity contribution is 7.47. The van der Waals surface area contributed by atoms with Crippen molar-refractivity contribution in [3.8, 4) is 0 Å². The minimum absolute atomic E-state index is 0.0579. The lowest BCUT2D eigenvalue weighted by Crippen LogP contribution is -2.45. The molecule has 0 spiro atoms. The summed E-state index contributed by atoms with van der Waals surface area (Å²) >= 11 is 0. The number of allylic oxidation sites excluding steroid dienone is 3. The molecule has 0 aliphatic heterocycles. The van der Waals surface area contributed by atoms with Crippen molar-refractivity contribution in [2.24, 2.45) is 0 Å². The fraction of sp³-hybridized carbons (Fsp3) is 0.889. The van der Waals surface area contributed by atoms with E-state index in [1.165, 1.54) is 148 Å². The van der Waals surface area contributed by atoms with E-state index in [0.29, 0.717) is 17.4 Å². The molecule has 1 amide bonds. The molecule has 0 heterocycles. The lowest BCUT2D eigenvalue weighted by molar-refractivity contribution is -0.870. The number of rotatable bonds is 41. The molecule has 0 saturated heterocycles. The first kappa shape index (κ1) is 53.0. The first-order valence-corrected chi connectivity index (χ1v) is 24.2. The third-order valence-electron chi connectivity index (χ3n) is 10.2. The summed E-state index contributed by atoms with van der Waals surface area (Å²) in [6.07, 6.45) is 44.1. The van der Waals surface area contributed by atoms with Crippen molar-refractivity contribution in [1.29, 1.82) is 0 Å². The summed E-state index contributed by atoms with van der Waals surface area (Å²) in [4.78, 5) is 23.1. The van der Waals surface area contributed by atoms with Gasteiger partial charge in [0.2, 0.25) is 5.91 Å². The number of quaternary nitrogens is 1. The highest BCUT2D eigenvalue weighted by atomic mass is 31.2. The molecule has 0 aromatic heterocycles. The van der Waals surface area contributed by atoms with Crippen LogP contribution in [0.15, 0.2) is 24.3 Å². The van der Waals surface area contributed by atoms with Crippen molar-refractivity contribution < 1.29 is 32.9 Å². The van der Waals surface area contributed by atoms with E-state index in [-0.39, 0.29) is 19.1 Å². The van der Waals surface area contributed by atoms with Crippen LogP contribution in [0.2, 0.25) is 0 Å². The van der Waals surface area contributed by atoms with Crippen LogP contribution in [0.1, 0.15) is 206 Å². The van der Waals surface area contributed by atoms with Gasteiger partial charge in [-0.1, -0.05) is 192 Å². The number of aliphatic hydroxyl groups is 1. The first-order valence-electron chi connectivity index (χ1n) is 22.7. The number of likely N-dealkylation sites (N-methyl/N-ethyl adjacent to an activating group) is 1. The molecule has 9 heteroatoms. The molecule has 3 atom stereocenters. The second-order valence-electron chi connectivity index (χ2n) is 16.8. The number of carbonyl (C=O) groups excluding carboxylic acids is 1. The molecule has 3 N–H and O–H groups in total. The van der Waals surface area contributed by atoms with E-state index in [1.807, 2.05) is 27.2 Å². The molecule has 0 aromatic carbocycles. The Morgan fingerprint density at radius 2 is 1.02 bits per heavy atom. The van der Waals surface area contributed by atoms with Crippen LogP contribution < -0.4 is 5.32 Å². The molecule has 8 nitrogen and oxygen atoms in total. The number of aliphatic hydroxyl groups excluding tert-OH is 1. The topological polar surface area (TPSA) is 105 Å². The van der Waals surface area contributed by atoms with Crippen molar-refractivity contribution in [1.82, 2.24) is 5.32 Å². The fourth-order valence-corrected chi connectivity index (χ4v) is 7.26. The predicted octanol–water partition coefficient (Wildman–Crippen LogP) is 12.5. The normalized spacial score (nSPS) is 14.6. The Morgan fingerprint density at radius 3 is 1.48 bits per heavy atom. The number of hydrogen-bond acceptors (Lipinski definition) is 5. The molecule has 0 bridgehead atoms. The molecule has 0 radical (unpaired) electrons. The van der Waals surface area contributed by atoms with Gasteiger partial charge in [0, 0.05) is 6.42 Å². The molecule has 0 aromatic rings. The van der Waals surface area contributed by atoms with Gasteiger partial charge in [-0.25, -0.2) is 4.57 Å². The van der Waals surface area contributed by atoms with Gasteiger partial charge in [-0.3, -0.25) is 13.8 Å². The van der Waals surface area contributed by atoms with Gasteiger partial charge in [-0.15, -0.1) is 0 Å². The van der Waals surface area contributed by atoms with E-state index < -0.39 is 20.0 Å². The average molecular weight is 786 g/mol. The maximum Gasteiger partial charge on any atom is 0.472 e. The quantitative estimate of drug-likeness (QED) is 0.0247. The van der Waals surface area contributed by atoms with E-state index >= 15 is 0 Å². The van der Waals surface area contributed by atoms with Crippen LogP contribution >= 0.6 is 7.82 Å². The van der Waals surface area contributed by atoms with Crippen molar-refractivity contribution in [2.45, 2.75) is 219 Å². The van der Waals surface area contributed by atoms with Crippen LogP contribution in [-0.2, 0) is 18.4 Å². The van der Waals surface area contributed by atoms with E-state index in [4.69, 9.17) is 9.05 Å². The maximum absolute atomic E-state index is 12.8. The molecule has 0 aliphatic rings. The summed E-state index contributed by atoms with van der Waals surface area (Å²) in [5, 5.41) is 13.7. The second kappa shape index (κ2) is 37.6. The number of phosphoric acid groups is 1. The summed E-state index contributed by atoms with van der Waals surface area (Å²) in [6, 6.07) is -0.856. The van der Waals surface area contributed by atoms with Crippen molar-refractivity contribution in [3.63, 3.8) is 0 Å². The summed E-state index contributed by atoms with van der Waals surface area (Å²) < 4.78 is 23.5. The standard InChI is InChI=1S/C45H89N2O6P/c1-6-8-10-12-14-16-18-19-20-21-22-23-24-25-26-27-28-29-31-33-35-37-39-45(49)46-43(42-53-54(50,51)52-41-40-47(3,4)5)44(48)38-36-34-32-30-17-15-13-11-9-7-2/h17,30,36,38,43-44,48H,6-16,18-29,31-35,37,39-42H2,1-5H3,(H-,46,49,50,51)/p+1/b30-17+,38-36+. The zero-order valence-electron chi connectivity index (χ0n) is 36.2. The number of unbranched alkanes of at least 4 members (excludes halogenated alkanes) is 26. The maximum atomic E-state index is 12.8. The minimum atomic E-state index is -4.34. The molecule has 0 saturated carbocycles. The van der Waals surface area contributed by atoms with Gasteiger partial charge < -0.3 is 19.8 Å². The van der Waals surface area contributed by atoms with Gasteiger partial charge >= 0.3 is 7.82 Å². The van der Waals surface area contributed by atoms with Crippen LogP contribution in [0.25, 0.3) is 0 Å². The minimum Gasteiger partial charge on any atom is -0.387 e. The summed E-state index contributed by atoms with van der Waals surface area (Å²) in [5.74, 6) is -0.186. The zero-order chi connectivity index (χ0) is 40.0. The number of nitrogens with zero attached hydrogens (tertiary/aromatic N) is 1.